The maximum absolute atomic E-state index is 13.8. The number of hydrogen-bond donors (Lipinski definition) is 1. The van der Waals surface area contributed by atoms with Gasteiger partial charge in [0.15, 0.2) is 0 Å². The number of benzene rings is 3. The Morgan fingerprint density at radius 3 is 2.25 bits per heavy atom. The van der Waals surface area contributed by atoms with Gasteiger partial charge in [0.25, 0.3) is 0 Å². The fraction of sp³-hybridized carbons (Fsp3) is 0.333. The molecule has 3 aromatic carbocycles. The van der Waals surface area contributed by atoms with Crippen LogP contribution in [0.3, 0.4) is 0 Å². The van der Waals surface area contributed by atoms with Crippen LogP contribution in [0.4, 0.5) is 5.69 Å². The standard InChI is InChI=1S/C27H32ClN3O4S/c1-5-24(27(33)29-19(2)3)30(17-21-12-7-9-15-23(21)28)26(32)18-31(36(4,34)35)25-16-10-13-20-11-6-8-14-22(20)25/h6-16,19,24H,5,17-18H2,1-4H3,(H,29,33)/t24-/m0/s1. The van der Waals surface area contributed by atoms with Crippen molar-refractivity contribution in [1.82, 2.24) is 10.2 Å². The predicted octanol–water partition coefficient (Wildman–Crippen LogP) is 4.59. The van der Waals surface area contributed by atoms with E-state index in [1.54, 1.807) is 36.4 Å². The summed E-state index contributed by atoms with van der Waals surface area (Å²) in [5, 5.41) is 4.90. The largest absolute Gasteiger partial charge is 0.352 e. The molecular formula is C27H32ClN3O4S. The molecule has 0 spiro atoms. The maximum Gasteiger partial charge on any atom is 0.244 e. The summed E-state index contributed by atoms with van der Waals surface area (Å²) in [5.41, 5.74) is 1.07. The van der Waals surface area contributed by atoms with Crippen molar-refractivity contribution in [2.45, 2.75) is 45.8 Å². The van der Waals surface area contributed by atoms with Crippen molar-refractivity contribution in [2.75, 3.05) is 17.1 Å². The van der Waals surface area contributed by atoms with Gasteiger partial charge in [0.2, 0.25) is 21.8 Å². The number of carbonyl (C=O) groups is 2. The van der Waals surface area contributed by atoms with Crippen molar-refractivity contribution in [3.63, 3.8) is 0 Å². The van der Waals surface area contributed by atoms with Gasteiger partial charge in [-0.1, -0.05) is 73.1 Å². The summed E-state index contributed by atoms with van der Waals surface area (Å²) >= 11 is 6.38. The summed E-state index contributed by atoms with van der Waals surface area (Å²) in [4.78, 5) is 28.3. The fourth-order valence-corrected chi connectivity index (χ4v) is 5.19. The average Bonchev–Trinajstić information content (AvgIpc) is 2.82. The monoisotopic (exact) mass is 529 g/mol. The molecule has 9 heteroatoms. The number of carbonyl (C=O) groups excluding carboxylic acids is 2. The number of sulfonamides is 1. The van der Waals surface area contributed by atoms with Crippen molar-refractivity contribution in [1.29, 1.82) is 0 Å². The predicted molar refractivity (Wildman–Crippen MR) is 145 cm³/mol. The zero-order chi connectivity index (χ0) is 26.5. The van der Waals surface area contributed by atoms with Crippen molar-refractivity contribution < 1.29 is 18.0 Å². The van der Waals surface area contributed by atoms with Crippen LogP contribution in [0.15, 0.2) is 66.7 Å². The van der Waals surface area contributed by atoms with Gasteiger partial charge >= 0.3 is 0 Å². The lowest BCUT2D eigenvalue weighted by atomic mass is 10.1. The molecule has 0 bridgehead atoms. The van der Waals surface area contributed by atoms with E-state index < -0.39 is 28.5 Å². The van der Waals surface area contributed by atoms with Crippen molar-refractivity contribution >= 4 is 49.9 Å². The first-order chi connectivity index (χ1) is 17.0. The first-order valence-corrected chi connectivity index (χ1v) is 14.0. The van der Waals surface area contributed by atoms with Crippen LogP contribution in [-0.2, 0) is 26.2 Å². The number of amides is 2. The van der Waals surface area contributed by atoms with Gasteiger partial charge in [-0.05, 0) is 43.4 Å². The minimum atomic E-state index is -3.83. The van der Waals surface area contributed by atoms with E-state index in [1.807, 2.05) is 51.1 Å². The van der Waals surface area contributed by atoms with E-state index >= 15 is 0 Å². The Morgan fingerprint density at radius 1 is 0.972 bits per heavy atom. The Morgan fingerprint density at radius 2 is 1.61 bits per heavy atom. The highest BCUT2D eigenvalue weighted by atomic mass is 35.5. The Balaban J connectivity index is 2.04. The summed E-state index contributed by atoms with van der Waals surface area (Å²) in [6.07, 6.45) is 1.42. The van der Waals surface area contributed by atoms with Crippen LogP contribution in [0.1, 0.15) is 32.8 Å². The Labute approximate surface area is 218 Å². The van der Waals surface area contributed by atoms with Gasteiger partial charge in [0.1, 0.15) is 12.6 Å². The second kappa shape index (κ2) is 11.8. The first kappa shape index (κ1) is 27.5. The number of anilines is 1. The molecule has 3 rings (SSSR count). The SMILES string of the molecule is CC[C@@H](C(=O)NC(C)C)N(Cc1ccccc1Cl)C(=O)CN(c1cccc2ccccc12)S(C)(=O)=O. The van der Waals surface area contributed by atoms with Crippen LogP contribution in [0.25, 0.3) is 10.8 Å². The highest BCUT2D eigenvalue weighted by Crippen LogP contribution is 2.29. The molecule has 36 heavy (non-hydrogen) atoms. The van der Waals surface area contributed by atoms with Gasteiger partial charge in [-0.3, -0.25) is 13.9 Å². The highest BCUT2D eigenvalue weighted by molar-refractivity contribution is 7.92. The van der Waals surface area contributed by atoms with Crippen LogP contribution >= 0.6 is 11.6 Å². The quantitative estimate of drug-likeness (QED) is 0.416. The molecule has 0 heterocycles. The lowest BCUT2D eigenvalue weighted by Crippen LogP contribution is -2.53. The van der Waals surface area contributed by atoms with Gasteiger partial charge in [0.05, 0.1) is 11.9 Å². The lowest BCUT2D eigenvalue weighted by Gasteiger charge is -2.33. The van der Waals surface area contributed by atoms with Crippen LogP contribution in [0, 0.1) is 0 Å². The molecule has 0 fully saturated rings. The minimum absolute atomic E-state index is 0.0651. The number of rotatable bonds is 10. The molecule has 0 saturated carbocycles. The van der Waals surface area contributed by atoms with Crippen LogP contribution in [0.2, 0.25) is 5.02 Å². The summed E-state index contributed by atoms with van der Waals surface area (Å²) < 4.78 is 26.9. The van der Waals surface area contributed by atoms with Crippen LogP contribution in [0.5, 0.6) is 0 Å². The Bertz CT molecular complexity index is 1340. The van der Waals surface area contributed by atoms with E-state index in [0.29, 0.717) is 28.1 Å². The number of hydrogen-bond acceptors (Lipinski definition) is 4. The first-order valence-electron chi connectivity index (χ1n) is 11.8. The number of fused-ring (bicyclic) bond motifs is 1. The molecule has 1 N–H and O–H groups in total. The van der Waals surface area contributed by atoms with E-state index in [-0.39, 0.29) is 18.5 Å². The zero-order valence-corrected chi connectivity index (χ0v) is 22.5. The zero-order valence-electron chi connectivity index (χ0n) is 20.9. The molecule has 0 aromatic heterocycles. The molecule has 0 saturated heterocycles. The molecule has 3 aromatic rings. The number of nitrogens with one attached hydrogen (secondary N) is 1. The highest BCUT2D eigenvalue weighted by Gasteiger charge is 2.32. The summed E-state index contributed by atoms with van der Waals surface area (Å²) in [6.45, 7) is 5.11. The molecule has 0 aliphatic carbocycles. The molecule has 0 radical (unpaired) electrons. The van der Waals surface area contributed by atoms with Crippen molar-refractivity contribution in [3.05, 3.63) is 77.3 Å². The Kier molecular flexibility index (Phi) is 8.98. The topological polar surface area (TPSA) is 86.8 Å². The lowest BCUT2D eigenvalue weighted by molar-refractivity contribution is -0.140. The van der Waals surface area contributed by atoms with Crippen LogP contribution < -0.4 is 9.62 Å². The van der Waals surface area contributed by atoms with Crippen LogP contribution in [-0.4, -0.2) is 50.0 Å². The molecule has 7 nitrogen and oxygen atoms in total. The van der Waals surface area contributed by atoms with Gasteiger partial charge in [-0.15, -0.1) is 0 Å². The summed E-state index contributed by atoms with van der Waals surface area (Å²) in [6, 6.07) is 18.9. The minimum Gasteiger partial charge on any atom is -0.352 e. The maximum atomic E-state index is 13.8. The van der Waals surface area contributed by atoms with Gasteiger partial charge in [-0.25, -0.2) is 8.42 Å². The summed E-state index contributed by atoms with van der Waals surface area (Å²) in [7, 11) is -3.83. The third-order valence-corrected chi connectivity index (χ3v) is 7.33. The van der Waals surface area contributed by atoms with E-state index in [2.05, 4.69) is 5.32 Å². The average molecular weight is 530 g/mol. The Hall–Kier alpha value is -3.10. The second-order valence-corrected chi connectivity index (χ2v) is 11.3. The van der Waals surface area contributed by atoms with E-state index in [4.69, 9.17) is 11.6 Å². The van der Waals surface area contributed by atoms with Crippen molar-refractivity contribution in [3.8, 4) is 0 Å². The number of nitrogens with zero attached hydrogens (tertiary/aromatic N) is 2. The van der Waals surface area contributed by atoms with Gasteiger partial charge in [-0.2, -0.15) is 0 Å². The third kappa shape index (κ3) is 6.56. The normalized spacial score (nSPS) is 12.4. The number of halogens is 1. The van der Waals surface area contributed by atoms with E-state index in [1.165, 1.54) is 4.90 Å². The van der Waals surface area contributed by atoms with E-state index in [9.17, 15) is 18.0 Å². The third-order valence-electron chi connectivity index (χ3n) is 5.83. The van der Waals surface area contributed by atoms with E-state index in [0.717, 1.165) is 15.9 Å². The smallest absolute Gasteiger partial charge is 0.244 e. The molecule has 192 valence electrons. The van der Waals surface area contributed by atoms with Crippen molar-refractivity contribution in [2.24, 2.45) is 0 Å². The molecule has 0 aliphatic heterocycles. The molecular weight excluding hydrogens is 498 g/mol. The molecule has 0 unspecified atom stereocenters. The molecule has 2 amide bonds. The molecule has 0 aliphatic rings. The molecule has 1 atom stereocenters. The summed E-state index contributed by atoms with van der Waals surface area (Å²) in [5.74, 6) is -0.803. The second-order valence-electron chi connectivity index (χ2n) is 8.97. The van der Waals surface area contributed by atoms with Gasteiger partial charge in [0, 0.05) is 23.0 Å². The van der Waals surface area contributed by atoms with Gasteiger partial charge < -0.3 is 10.2 Å². The fourth-order valence-electron chi connectivity index (χ4n) is 4.13.